The summed E-state index contributed by atoms with van der Waals surface area (Å²) in [6, 6.07) is 4.07. The van der Waals surface area contributed by atoms with Crippen LogP contribution in [0.3, 0.4) is 0 Å². The lowest BCUT2D eigenvalue weighted by Gasteiger charge is -2.28. The molecule has 0 aliphatic carbocycles. The average Bonchev–Trinajstić information content (AvgIpc) is 2.78. The predicted octanol–water partition coefficient (Wildman–Crippen LogP) is 1.71. The molecule has 0 bridgehead atoms. The van der Waals surface area contributed by atoms with Gasteiger partial charge in [-0.1, -0.05) is 6.07 Å². The van der Waals surface area contributed by atoms with Gasteiger partial charge in [-0.05, 0) is 37.9 Å². The third-order valence-electron chi connectivity index (χ3n) is 3.01. The van der Waals surface area contributed by atoms with Gasteiger partial charge < -0.3 is 10.2 Å². The van der Waals surface area contributed by atoms with Crippen molar-refractivity contribution in [3.63, 3.8) is 0 Å². The molecule has 4 heteroatoms. The zero-order valence-electron chi connectivity index (χ0n) is 9.61. The highest BCUT2D eigenvalue weighted by atomic mass is 32.1. The Morgan fingerprint density at radius 1 is 1.69 bits per heavy atom. The van der Waals surface area contributed by atoms with Crippen LogP contribution in [0.4, 0.5) is 0 Å². The topological polar surface area (TPSA) is 32.3 Å². The Kier molecular flexibility index (Phi) is 3.96. The third-order valence-corrected chi connectivity index (χ3v) is 3.89. The highest BCUT2D eigenvalue weighted by Crippen LogP contribution is 2.15. The van der Waals surface area contributed by atoms with E-state index in [0.29, 0.717) is 6.54 Å². The molecule has 1 atom stereocenters. The van der Waals surface area contributed by atoms with E-state index in [4.69, 9.17) is 0 Å². The third kappa shape index (κ3) is 3.06. The van der Waals surface area contributed by atoms with Gasteiger partial charge >= 0.3 is 0 Å². The van der Waals surface area contributed by atoms with E-state index < -0.39 is 0 Å². The van der Waals surface area contributed by atoms with Gasteiger partial charge in [0.1, 0.15) is 0 Å². The number of nitrogens with one attached hydrogen (secondary N) is 1. The maximum Gasteiger partial charge on any atom is 0.224 e. The number of thiophene rings is 1. The molecule has 1 aliphatic heterocycles. The first-order valence-electron chi connectivity index (χ1n) is 5.74. The Labute approximate surface area is 100 Å². The minimum atomic E-state index is 0.179. The predicted molar refractivity (Wildman–Crippen MR) is 66.4 cm³/mol. The second-order valence-electron chi connectivity index (χ2n) is 4.40. The zero-order chi connectivity index (χ0) is 11.4. The van der Waals surface area contributed by atoms with Crippen LogP contribution in [-0.2, 0) is 11.3 Å². The van der Waals surface area contributed by atoms with Gasteiger partial charge in [-0.15, -0.1) is 11.3 Å². The summed E-state index contributed by atoms with van der Waals surface area (Å²) in [5, 5.41) is 5.06. The molecule has 1 unspecified atom stereocenters. The molecule has 1 amide bonds. The van der Waals surface area contributed by atoms with Gasteiger partial charge in [0.05, 0.1) is 12.5 Å². The van der Waals surface area contributed by atoms with Crippen molar-refractivity contribution in [1.82, 2.24) is 10.2 Å². The SMILES string of the molecule is CN1CCCC(C(=O)NCc2cccs2)C1. The fourth-order valence-electron chi connectivity index (χ4n) is 2.11. The standard InChI is InChI=1S/C12H18N2OS/c1-14-6-2-4-10(9-14)12(15)13-8-11-5-3-7-16-11/h3,5,7,10H,2,4,6,8-9H2,1H3,(H,13,15). The zero-order valence-corrected chi connectivity index (χ0v) is 10.4. The minimum absolute atomic E-state index is 0.179. The second kappa shape index (κ2) is 5.46. The van der Waals surface area contributed by atoms with E-state index in [2.05, 4.69) is 23.3 Å². The van der Waals surface area contributed by atoms with Crippen molar-refractivity contribution in [3.05, 3.63) is 22.4 Å². The molecule has 2 heterocycles. The van der Waals surface area contributed by atoms with E-state index in [9.17, 15) is 4.79 Å². The van der Waals surface area contributed by atoms with E-state index >= 15 is 0 Å². The number of carbonyl (C=O) groups excluding carboxylic acids is 1. The molecule has 0 aromatic carbocycles. The quantitative estimate of drug-likeness (QED) is 0.869. The van der Waals surface area contributed by atoms with Crippen LogP contribution in [-0.4, -0.2) is 30.9 Å². The van der Waals surface area contributed by atoms with Crippen molar-refractivity contribution < 1.29 is 4.79 Å². The summed E-state index contributed by atoms with van der Waals surface area (Å²) in [7, 11) is 2.08. The van der Waals surface area contributed by atoms with Crippen molar-refractivity contribution >= 4 is 17.2 Å². The fraction of sp³-hybridized carbons (Fsp3) is 0.583. The summed E-state index contributed by atoms with van der Waals surface area (Å²) < 4.78 is 0. The van der Waals surface area contributed by atoms with Gasteiger partial charge in [0.2, 0.25) is 5.91 Å². The molecule has 1 fully saturated rings. The Morgan fingerprint density at radius 2 is 2.56 bits per heavy atom. The summed E-state index contributed by atoms with van der Waals surface area (Å²) in [6.07, 6.45) is 2.16. The molecule has 3 nitrogen and oxygen atoms in total. The van der Waals surface area contributed by atoms with E-state index in [1.807, 2.05) is 11.4 Å². The Hall–Kier alpha value is -0.870. The molecular formula is C12H18N2OS. The molecular weight excluding hydrogens is 220 g/mol. The van der Waals surface area contributed by atoms with Gasteiger partial charge in [0, 0.05) is 11.4 Å². The number of amides is 1. The molecule has 1 N–H and O–H groups in total. The summed E-state index contributed by atoms with van der Waals surface area (Å²) in [6.45, 7) is 2.70. The van der Waals surface area contributed by atoms with Crippen LogP contribution in [0.1, 0.15) is 17.7 Å². The second-order valence-corrected chi connectivity index (χ2v) is 5.43. The van der Waals surface area contributed by atoms with E-state index in [0.717, 1.165) is 25.9 Å². The lowest BCUT2D eigenvalue weighted by Crippen LogP contribution is -2.41. The number of hydrogen-bond acceptors (Lipinski definition) is 3. The van der Waals surface area contributed by atoms with Crippen molar-refractivity contribution in [3.8, 4) is 0 Å². The molecule has 1 saturated heterocycles. The van der Waals surface area contributed by atoms with Gasteiger partial charge in [0.25, 0.3) is 0 Å². The molecule has 1 aliphatic rings. The van der Waals surface area contributed by atoms with Gasteiger partial charge in [-0.2, -0.15) is 0 Å². The Morgan fingerprint density at radius 3 is 3.25 bits per heavy atom. The molecule has 16 heavy (non-hydrogen) atoms. The first kappa shape index (κ1) is 11.6. The number of hydrogen-bond donors (Lipinski definition) is 1. The molecule has 2 rings (SSSR count). The van der Waals surface area contributed by atoms with Crippen LogP contribution < -0.4 is 5.32 Å². The number of likely N-dealkylation sites (tertiary alicyclic amines) is 1. The van der Waals surface area contributed by atoms with Crippen LogP contribution in [0.2, 0.25) is 0 Å². The van der Waals surface area contributed by atoms with Gasteiger partial charge in [0.15, 0.2) is 0 Å². The lowest BCUT2D eigenvalue weighted by atomic mass is 9.98. The molecule has 0 radical (unpaired) electrons. The number of rotatable bonds is 3. The molecule has 0 spiro atoms. The summed E-state index contributed by atoms with van der Waals surface area (Å²) in [5.41, 5.74) is 0. The monoisotopic (exact) mass is 238 g/mol. The highest BCUT2D eigenvalue weighted by Gasteiger charge is 2.23. The molecule has 0 saturated carbocycles. The summed E-state index contributed by atoms with van der Waals surface area (Å²) >= 11 is 1.69. The summed E-state index contributed by atoms with van der Waals surface area (Å²) in [4.78, 5) is 15.4. The van der Waals surface area contributed by atoms with Crippen molar-refractivity contribution in [2.75, 3.05) is 20.1 Å². The number of carbonyl (C=O) groups is 1. The highest BCUT2D eigenvalue weighted by molar-refractivity contribution is 7.09. The molecule has 1 aromatic rings. The van der Waals surface area contributed by atoms with Crippen molar-refractivity contribution in [1.29, 1.82) is 0 Å². The largest absolute Gasteiger partial charge is 0.351 e. The smallest absolute Gasteiger partial charge is 0.224 e. The van der Waals surface area contributed by atoms with Crippen LogP contribution in [0.5, 0.6) is 0 Å². The maximum atomic E-state index is 11.9. The van der Waals surface area contributed by atoms with Crippen LogP contribution in [0.15, 0.2) is 17.5 Å². The first-order chi connectivity index (χ1) is 7.75. The molecule has 88 valence electrons. The average molecular weight is 238 g/mol. The minimum Gasteiger partial charge on any atom is -0.351 e. The summed E-state index contributed by atoms with van der Waals surface area (Å²) in [5.74, 6) is 0.388. The Bertz CT molecular complexity index is 337. The lowest BCUT2D eigenvalue weighted by molar-refractivity contribution is -0.126. The van der Waals surface area contributed by atoms with E-state index in [1.165, 1.54) is 4.88 Å². The van der Waals surface area contributed by atoms with Crippen LogP contribution in [0, 0.1) is 5.92 Å². The van der Waals surface area contributed by atoms with Gasteiger partial charge in [-0.3, -0.25) is 4.79 Å². The van der Waals surface area contributed by atoms with Crippen molar-refractivity contribution in [2.24, 2.45) is 5.92 Å². The Balaban J connectivity index is 1.79. The van der Waals surface area contributed by atoms with Gasteiger partial charge in [-0.25, -0.2) is 0 Å². The maximum absolute atomic E-state index is 11.9. The van der Waals surface area contributed by atoms with E-state index in [1.54, 1.807) is 11.3 Å². The van der Waals surface area contributed by atoms with Crippen molar-refractivity contribution in [2.45, 2.75) is 19.4 Å². The first-order valence-corrected chi connectivity index (χ1v) is 6.62. The van der Waals surface area contributed by atoms with Crippen LogP contribution >= 0.6 is 11.3 Å². The number of piperidine rings is 1. The normalized spacial score (nSPS) is 21.9. The van der Waals surface area contributed by atoms with E-state index in [-0.39, 0.29) is 11.8 Å². The van der Waals surface area contributed by atoms with Crippen LogP contribution in [0.25, 0.3) is 0 Å². The molecule has 1 aromatic heterocycles. The fourth-order valence-corrected chi connectivity index (χ4v) is 2.76. The number of nitrogens with zero attached hydrogens (tertiary/aromatic N) is 1.